The van der Waals surface area contributed by atoms with E-state index in [0.29, 0.717) is 12.1 Å². The molecule has 4 bridgehead atoms. The highest BCUT2D eigenvalue weighted by molar-refractivity contribution is 9.10. The summed E-state index contributed by atoms with van der Waals surface area (Å²) in [5.74, 6) is 2.95. The van der Waals surface area contributed by atoms with Gasteiger partial charge in [0.1, 0.15) is 0 Å². The fraction of sp³-hybridized carbons (Fsp3) is 0.632. The maximum Gasteiger partial charge on any atom is 0.279 e. The molecular weight excluding hydrogens is 352 g/mol. The molecule has 124 valence electrons. The number of anilines is 1. The molecule has 4 aliphatic rings. The molecule has 0 heterocycles. The summed E-state index contributed by atoms with van der Waals surface area (Å²) in [5, 5.41) is 5.43. The van der Waals surface area contributed by atoms with Crippen molar-refractivity contribution in [3.05, 3.63) is 28.2 Å². The van der Waals surface area contributed by atoms with Crippen LogP contribution in [-0.4, -0.2) is 18.0 Å². The second kappa shape index (κ2) is 5.89. The largest absolute Gasteiger partial charge is 0.334 e. The second-order valence-electron chi connectivity index (χ2n) is 8.20. The number of hydrogen-bond acceptors (Lipinski definition) is 1. The van der Waals surface area contributed by atoms with Gasteiger partial charge in [-0.25, -0.2) is 0 Å². The Morgan fingerprint density at radius 3 is 2.39 bits per heavy atom. The van der Waals surface area contributed by atoms with Crippen LogP contribution in [0.3, 0.4) is 0 Å². The van der Waals surface area contributed by atoms with E-state index in [0.717, 1.165) is 33.5 Å². The standard InChI is InChI=1S/C19H25BrN2O/c1-12-4-16(2-3-17(12)20)22-18(23)11-21-19-8-13-5-14(9-19)7-15(6-13)10-19/h2-4,13-15,21H,5-11H2,1H3,(H,22,23)/p+1. The summed E-state index contributed by atoms with van der Waals surface area (Å²) < 4.78 is 1.08. The predicted octanol–water partition coefficient (Wildman–Crippen LogP) is 3.23. The van der Waals surface area contributed by atoms with Crippen LogP contribution in [0.25, 0.3) is 0 Å². The van der Waals surface area contributed by atoms with Crippen LogP contribution in [0, 0.1) is 24.7 Å². The first kappa shape index (κ1) is 15.6. The molecule has 4 fully saturated rings. The third-order valence-electron chi connectivity index (χ3n) is 6.25. The summed E-state index contributed by atoms with van der Waals surface area (Å²) >= 11 is 3.50. The third kappa shape index (κ3) is 3.20. The first-order chi connectivity index (χ1) is 11.0. The Balaban J connectivity index is 1.35. The molecule has 5 rings (SSSR count). The average molecular weight is 378 g/mol. The minimum Gasteiger partial charge on any atom is -0.334 e. The van der Waals surface area contributed by atoms with Gasteiger partial charge in [0.05, 0.1) is 5.54 Å². The Bertz CT molecular complexity index is 593. The zero-order chi connectivity index (χ0) is 16.0. The second-order valence-corrected chi connectivity index (χ2v) is 9.05. The van der Waals surface area contributed by atoms with Gasteiger partial charge in [-0.2, -0.15) is 0 Å². The lowest BCUT2D eigenvalue weighted by atomic mass is 9.53. The van der Waals surface area contributed by atoms with Crippen molar-refractivity contribution in [1.29, 1.82) is 0 Å². The van der Waals surface area contributed by atoms with Gasteiger partial charge in [0, 0.05) is 29.4 Å². The van der Waals surface area contributed by atoms with Gasteiger partial charge >= 0.3 is 0 Å². The minimum absolute atomic E-state index is 0.127. The van der Waals surface area contributed by atoms with Crippen LogP contribution >= 0.6 is 15.9 Å². The summed E-state index contributed by atoms with van der Waals surface area (Å²) in [5.41, 5.74) is 2.42. The molecule has 3 N–H and O–H groups in total. The van der Waals surface area contributed by atoms with Crippen LogP contribution in [-0.2, 0) is 4.79 Å². The lowest BCUT2D eigenvalue weighted by Crippen LogP contribution is -3.00. The molecule has 1 amide bonds. The van der Waals surface area contributed by atoms with E-state index >= 15 is 0 Å². The highest BCUT2D eigenvalue weighted by atomic mass is 79.9. The first-order valence-electron chi connectivity index (χ1n) is 8.92. The van der Waals surface area contributed by atoms with Crippen LogP contribution in [0.5, 0.6) is 0 Å². The lowest BCUT2D eigenvalue weighted by molar-refractivity contribution is -0.729. The van der Waals surface area contributed by atoms with Crippen LogP contribution in [0.1, 0.15) is 44.1 Å². The number of aryl methyl sites for hydroxylation is 1. The first-order valence-corrected chi connectivity index (χ1v) is 9.71. The number of hydrogen-bond donors (Lipinski definition) is 2. The number of benzene rings is 1. The van der Waals surface area contributed by atoms with Crippen molar-refractivity contribution in [1.82, 2.24) is 0 Å². The Morgan fingerprint density at radius 2 is 1.83 bits per heavy atom. The summed E-state index contributed by atoms with van der Waals surface area (Å²) in [6.07, 6.45) is 8.38. The fourth-order valence-electron chi connectivity index (χ4n) is 5.67. The number of quaternary nitrogens is 1. The summed E-state index contributed by atoms with van der Waals surface area (Å²) in [7, 11) is 0. The molecule has 4 heteroatoms. The summed E-state index contributed by atoms with van der Waals surface area (Å²) in [4.78, 5) is 12.3. The highest BCUT2D eigenvalue weighted by Crippen LogP contribution is 2.54. The number of carbonyl (C=O) groups is 1. The van der Waals surface area contributed by atoms with Crippen molar-refractivity contribution in [3.63, 3.8) is 0 Å². The van der Waals surface area contributed by atoms with Crippen molar-refractivity contribution in [2.24, 2.45) is 17.8 Å². The molecular formula is C19H26BrN2O+. The molecule has 1 aromatic carbocycles. The molecule has 0 saturated heterocycles. The Morgan fingerprint density at radius 1 is 1.22 bits per heavy atom. The maximum absolute atomic E-state index is 12.3. The third-order valence-corrected chi connectivity index (χ3v) is 7.14. The van der Waals surface area contributed by atoms with Crippen molar-refractivity contribution < 1.29 is 10.1 Å². The van der Waals surface area contributed by atoms with Gasteiger partial charge in [-0.1, -0.05) is 15.9 Å². The number of amides is 1. The molecule has 0 atom stereocenters. The minimum atomic E-state index is 0.127. The van der Waals surface area contributed by atoms with E-state index in [1.54, 1.807) is 0 Å². The molecule has 0 unspecified atom stereocenters. The number of nitrogens with two attached hydrogens (primary N) is 1. The van der Waals surface area contributed by atoms with Crippen molar-refractivity contribution in [2.75, 3.05) is 11.9 Å². The number of halogens is 1. The van der Waals surface area contributed by atoms with E-state index in [-0.39, 0.29) is 5.91 Å². The molecule has 4 aliphatic carbocycles. The molecule has 23 heavy (non-hydrogen) atoms. The predicted molar refractivity (Wildman–Crippen MR) is 95.2 cm³/mol. The van der Waals surface area contributed by atoms with Gasteiger partial charge in [-0.3, -0.25) is 4.79 Å². The number of rotatable bonds is 4. The van der Waals surface area contributed by atoms with Crippen molar-refractivity contribution in [2.45, 2.75) is 51.0 Å². The van der Waals surface area contributed by atoms with Crippen LogP contribution < -0.4 is 10.6 Å². The number of nitrogens with one attached hydrogen (secondary N) is 1. The van der Waals surface area contributed by atoms with Crippen molar-refractivity contribution >= 4 is 27.5 Å². The van der Waals surface area contributed by atoms with E-state index in [1.807, 2.05) is 25.1 Å². The topological polar surface area (TPSA) is 45.7 Å². The average Bonchev–Trinajstić information content (AvgIpc) is 2.48. The number of carbonyl (C=O) groups excluding carboxylic acids is 1. The molecule has 0 aliphatic heterocycles. The smallest absolute Gasteiger partial charge is 0.279 e. The van der Waals surface area contributed by atoms with Crippen LogP contribution in [0.15, 0.2) is 22.7 Å². The Labute approximate surface area is 146 Å². The van der Waals surface area contributed by atoms with E-state index < -0.39 is 0 Å². The molecule has 0 radical (unpaired) electrons. The lowest BCUT2D eigenvalue weighted by Gasteiger charge is -2.54. The van der Waals surface area contributed by atoms with E-state index in [4.69, 9.17) is 0 Å². The van der Waals surface area contributed by atoms with Crippen LogP contribution in [0.2, 0.25) is 0 Å². The zero-order valence-corrected chi connectivity index (χ0v) is 15.4. The van der Waals surface area contributed by atoms with Gasteiger partial charge in [-0.15, -0.1) is 0 Å². The molecule has 3 nitrogen and oxygen atoms in total. The molecule has 0 aromatic heterocycles. The molecule has 0 spiro atoms. The van der Waals surface area contributed by atoms with Gasteiger partial charge in [0.2, 0.25) is 0 Å². The molecule has 4 saturated carbocycles. The van der Waals surface area contributed by atoms with E-state index in [1.165, 1.54) is 38.5 Å². The van der Waals surface area contributed by atoms with E-state index in [2.05, 4.69) is 26.6 Å². The van der Waals surface area contributed by atoms with Gasteiger partial charge < -0.3 is 10.6 Å². The zero-order valence-electron chi connectivity index (χ0n) is 13.8. The quantitative estimate of drug-likeness (QED) is 0.830. The highest BCUT2D eigenvalue weighted by Gasteiger charge is 2.53. The fourth-order valence-corrected chi connectivity index (χ4v) is 5.92. The Kier molecular flexibility index (Phi) is 4.01. The van der Waals surface area contributed by atoms with Crippen LogP contribution in [0.4, 0.5) is 5.69 Å². The normalized spacial score (nSPS) is 34.6. The van der Waals surface area contributed by atoms with Gasteiger partial charge in [-0.05, 0) is 67.7 Å². The van der Waals surface area contributed by atoms with E-state index in [9.17, 15) is 4.79 Å². The van der Waals surface area contributed by atoms with Crippen molar-refractivity contribution in [3.8, 4) is 0 Å². The van der Waals surface area contributed by atoms with Gasteiger partial charge in [0.15, 0.2) is 6.54 Å². The van der Waals surface area contributed by atoms with Gasteiger partial charge in [0.25, 0.3) is 5.91 Å². The molecule has 1 aromatic rings. The maximum atomic E-state index is 12.3. The Hall–Kier alpha value is -0.870. The summed E-state index contributed by atoms with van der Waals surface area (Å²) in [6, 6.07) is 5.97. The monoisotopic (exact) mass is 377 g/mol. The SMILES string of the molecule is Cc1cc(NC(=O)C[NH2+]C23CC4CC(CC(C4)C2)C3)ccc1Br. The summed E-state index contributed by atoms with van der Waals surface area (Å²) in [6.45, 7) is 2.60.